The molecule has 1 aromatic carbocycles. The van der Waals surface area contributed by atoms with Crippen LogP contribution in [0.25, 0.3) is 0 Å². The number of fused-ring (bicyclic) bond motifs is 1. The van der Waals surface area contributed by atoms with Crippen molar-refractivity contribution >= 4 is 23.0 Å². The highest BCUT2D eigenvalue weighted by molar-refractivity contribution is 5.95. The van der Waals surface area contributed by atoms with Crippen molar-refractivity contribution in [2.45, 2.75) is 19.4 Å². The van der Waals surface area contributed by atoms with E-state index in [1.807, 2.05) is 13.1 Å². The van der Waals surface area contributed by atoms with Crippen LogP contribution in [0.4, 0.5) is 17.1 Å². The van der Waals surface area contributed by atoms with Gasteiger partial charge in [0, 0.05) is 19.2 Å². The van der Waals surface area contributed by atoms with E-state index in [0.29, 0.717) is 24.5 Å². The van der Waals surface area contributed by atoms with E-state index in [2.05, 4.69) is 20.7 Å². The number of aromatic nitrogens is 3. The maximum atomic E-state index is 11.3. The molecule has 4 N–H and O–H groups in total. The van der Waals surface area contributed by atoms with E-state index in [-0.39, 0.29) is 5.91 Å². The number of aryl methyl sites for hydroxylation is 2. The number of carbonyl (C=O) groups excluding carboxylic acids is 1. The third-order valence-electron chi connectivity index (χ3n) is 3.25. The molecule has 0 radical (unpaired) electrons. The van der Waals surface area contributed by atoms with Gasteiger partial charge in [-0.05, 0) is 24.1 Å². The minimum absolute atomic E-state index is 0.0373. The van der Waals surface area contributed by atoms with Crippen LogP contribution in [0.1, 0.15) is 17.8 Å². The number of hydrogen-bond acceptors (Lipinski definition) is 5. The molecule has 1 aliphatic heterocycles. The molecule has 0 bridgehead atoms. The summed E-state index contributed by atoms with van der Waals surface area (Å²) in [4.78, 5) is 15.5. The van der Waals surface area contributed by atoms with Gasteiger partial charge in [0.15, 0.2) is 5.82 Å². The summed E-state index contributed by atoms with van der Waals surface area (Å²) < 4.78 is 1.66. The number of nitrogen functional groups attached to an aromatic ring is 1. The lowest BCUT2D eigenvalue weighted by molar-refractivity contribution is -0.116. The van der Waals surface area contributed by atoms with Gasteiger partial charge in [0.25, 0.3) is 0 Å². The minimum atomic E-state index is 0.0373. The van der Waals surface area contributed by atoms with E-state index in [1.54, 1.807) is 17.1 Å². The lowest BCUT2D eigenvalue weighted by atomic mass is 10.0. The average molecular weight is 272 g/mol. The zero-order chi connectivity index (χ0) is 14.1. The van der Waals surface area contributed by atoms with Gasteiger partial charge >= 0.3 is 0 Å². The first-order valence-corrected chi connectivity index (χ1v) is 6.42. The quantitative estimate of drug-likeness (QED) is 0.721. The number of amides is 1. The number of rotatable bonds is 3. The van der Waals surface area contributed by atoms with Gasteiger partial charge < -0.3 is 16.4 Å². The van der Waals surface area contributed by atoms with Crippen LogP contribution in [0.5, 0.6) is 0 Å². The molecule has 1 aliphatic rings. The fourth-order valence-electron chi connectivity index (χ4n) is 2.24. The number of nitrogens with one attached hydrogen (secondary N) is 2. The molecular formula is C13H16N6O. The largest absolute Gasteiger partial charge is 0.397 e. The summed E-state index contributed by atoms with van der Waals surface area (Å²) in [5.74, 6) is 0.744. The van der Waals surface area contributed by atoms with E-state index in [0.717, 1.165) is 23.4 Å². The molecule has 0 fully saturated rings. The van der Waals surface area contributed by atoms with Gasteiger partial charge in [0.2, 0.25) is 5.91 Å². The Balaban J connectivity index is 1.78. The molecule has 104 valence electrons. The minimum Gasteiger partial charge on any atom is -0.397 e. The molecule has 7 heteroatoms. The third kappa shape index (κ3) is 2.42. The summed E-state index contributed by atoms with van der Waals surface area (Å²) in [6.07, 6.45) is 2.90. The maximum Gasteiger partial charge on any atom is 0.224 e. The van der Waals surface area contributed by atoms with E-state index in [9.17, 15) is 4.79 Å². The van der Waals surface area contributed by atoms with Crippen LogP contribution in [0.2, 0.25) is 0 Å². The molecule has 1 aromatic heterocycles. The lowest BCUT2D eigenvalue weighted by Crippen LogP contribution is -2.19. The van der Waals surface area contributed by atoms with Crippen molar-refractivity contribution in [2.75, 3.05) is 16.4 Å². The summed E-state index contributed by atoms with van der Waals surface area (Å²) in [6.45, 7) is 0.510. The van der Waals surface area contributed by atoms with Crippen molar-refractivity contribution in [3.05, 3.63) is 29.8 Å². The number of anilines is 3. The first kappa shape index (κ1) is 12.5. The van der Waals surface area contributed by atoms with Gasteiger partial charge in [-0.3, -0.25) is 9.48 Å². The predicted molar refractivity (Wildman–Crippen MR) is 76.1 cm³/mol. The number of carbonyl (C=O) groups is 1. The molecule has 0 spiro atoms. The fraction of sp³-hybridized carbons (Fsp3) is 0.308. The summed E-state index contributed by atoms with van der Waals surface area (Å²) in [5.41, 5.74) is 9.34. The van der Waals surface area contributed by atoms with Crippen LogP contribution >= 0.6 is 0 Å². The van der Waals surface area contributed by atoms with E-state index in [1.165, 1.54) is 0 Å². The Morgan fingerprint density at radius 1 is 1.45 bits per heavy atom. The van der Waals surface area contributed by atoms with Crippen LogP contribution in [-0.2, 0) is 24.8 Å². The number of benzene rings is 1. The molecule has 0 saturated heterocycles. The first-order valence-electron chi connectivity index (χ1n) is 6.42. The average Bonchev–Trinajstić information content (AvgIpc) is 2.82. The molecule has 1 amide bonds. The Bertz CT molecular complexity index is 663. The van der Waals surface area contributed by atoms with Gasteiger partial charge in [-0.25, -0.2) is 4.98 Å². The number of nitrogens with zero attached hydrogens (tertiary/aromatic N) is 3. The number of nitrogens with two attached hydrogens (primary N) is 1. The highest BCUT2D eigenvalue weighted by atomic mass is 16.1. The summed E-state index contributed by atoms with van der Waals surface area (Å²) >= 11 is 0. The van der Waals surface area contributed by atoms with Gasteiger partial charge in [-0.2, -0.15) is 5.10 Å². The molecule has 20 heavy (non-hydrogen) atoms. The predicted octanol–water partition coefficient (Wildman–Crippen LogP) is 0.894. The second-order valence-electron chi connectivity index (χ2n) is 4.83. The fourth-order valence-corrected chi connectivity index (χ4v) is 2.24. The molecule has 2 aromatic rings. The monoisotopic (exact) mass is 272 g/mol. The Labute approximate surface area is 116 Å². The van der Waals surface area contributed by atoms with Crippen LogP contribution in [0.15, 0.2) is 18.5 Å². The number of hydrogen-bond donors (Lipinski definition) is 3. The van der Waals surface area contributed by atoms with Crippen molar-refractivity contribution in [3.63, 3.8) is 0 Å². The molecule has 0 aliphatic carbocycles. The molecule has 2 heterocycles. The topological polar surface area (TPSA) is 97.9 Å². The summed E-state index contributed by atoms with van der Waals surface area (Å²) in [7, 11) is 1.83. The van der Waals surface area contributed by atoms with Crippen LogP contribution in [-0.4, -0.2) is 20.7 Å². The van der Waals surface area contributed by atoms with Crippen molar-refractivity contribution in [3.8, 4) is 0 Å². The van der Waals surface area contributed by atoms with Gasteiger partial charge in [0.1, 0.15) is 6.33 Å². The van der Waals surface area contributed by atoms with Crippen molar-refractivity contribution < 1.29 is 4.79 Å². The normalized spacial score (nSPS) is 13.8. The highest BCUT2D eigenvalue weighted by Gasteiger charge is 2.16. The molecule has 7 nitrogen and oxygen atoms in total. The van der Waals surface area contributed by atoms with E-state index >= 15 is 0 Å². The second-order valence-corrected chi connectivity index (χ2v) is 4.83. The van der Waals surface area contributed by atoms with Gasteiger partial charge in [-0.1, -0.05) is 0 Å². The molecule has 0 unspecified atom stereocenters. The first-order chi connectivity index (χ1) is 9.61. The maximum absolute atomic E-state index is 11.3. The highest BCUT2D eigenvalue weighted by Crippen LogP contribution is 2.31. The Morgan fingerprint density at radius 2 is 2.30 bits per heavy atom. The van der Waals surface area contributed by atoms with Gasteiger partial charge in [-0.15, -0.1) is 0 Å². The second kappa shape index (κ2) is 4.84. The van der Waals surface area contributed by atoms with Crippen molar-refractivity contribution in [1.29, 1.82) is 0 Å². The van der Waals surface area contributed by atoms with Crippen LogP contribution in [0, 0.1) is 0 Å². The van der Waals surface area contributed by atoms with Crippen molar-refractivity contribution in [2.24, 2.45) is 7.05 Å². The van der Waals surface area contributed by atoms with Gasteiger partial charge in [0.05, 0.1) is 17.9 Å². The zero-order valence-corrected chi connectivity index (χ0v) is 11.2. The summed E-state index contributed by atoms with van der Waals surface area (Å²) in [5, 5.41) is 10.3. The molecule has 3 rings (SSSR count). The Kier molecular flexibility index (Phi) is 3.02. The smallest absolute Gasteiger partial charge is 0.224 e. The standard InChI is InChI=1S/C13H16N6O/c1-19-7-16-12(18-19)6-15-11-4-8-2-3-13(20)17-10(8)5-9(11)14/h4-5,7,15H,2-3,6,14H2,1H3,(H,17,20). The third-order valence-corrected chi connectivity index (χ3v) is 3.25. The van der Waals surface area contributed by atoms with Crippen LogP contribution < -0.4 is 16.4 Å². The Morgan fingerprint density at radius 3 is 3.05 bits per heavy atom. The zero-order valence-electron chi connectivity index (χ0n) is 11.2. The Hall–Kier alpha value is -2.57. The van der Waals surface area contributed by atoms with E-state index < -0.39 is 0 Å². The van der Waals surface area contributed by atoms with E-state index in [4.69, 9.17) is 5.73 Å². The summed E-state index contributed by atoms with van der Waals surface area (Å²) in [6, 6.07) is 3.77. The molecule has 0 atom stereocenters. The lowest BCUT2D eigenvalue weighted by Gasteiger charge is -2.19. The SMILES string of the molecule is Cn1cnc(CNc2cc3c(cc2N)NC(=O)CC3)n1. The molecule has 0 saturated carbocycles. The molecular weight excluding hydrogens is 256 g/mol. The van der Waals surface area contributed by atoms with Crippen molar-refractivity contribution in [1.82, 2.24) is 14.8 Å². The van der Waals surface area contributed by atoms with Crippen LogP contribution in [0.3, 0.4) is 0 Å².